The first-order valence-corrected chi connectivity index (χ1v) is 6.32. The monoisotopic (exact) mass is 276 g/mol. The summed E-state index contributed by atoms with van der Waals surface area (Å²) >= 11 is 0. The Labute approximate surface area is 116 Å². The quantitative estimate of drug-likeness (QED) is 0.784. The van der Waals surface area contributed by atoms with Gasteiger partial charge in [-0.2, -0.15) is 0 Å². The Kier molecular flexibility index (Phi) is 4.40. The second-order valence-electron chi connectivity index (χ2n) is 4.34. The number of rotatable bonds is 5. The number of carbonyl (C=O) groups excluding carboxylic acids is 1. The Hall–Kier alpha value is -2.30. The minimum atomic E-state index is -0.269. The fourth-order valence-electron chi connectivity index (χ4n) is 2.03. The van der Waals surface area contributed by atoms with E-state index in [9.17, 15) is 9.59 Å². The lowest BCUT2D eigenvalue weighted by Gasteiger charge is -2.06. The van der Waals surface area contributed by atoms with Crippen LogP contribution in [0.5, 0.6) is 5.75 Å². The lowest BCUT2D eigenvalue weighted by molar-refractivity contribution is -0.140. The van der Waals surface area contributed by atoms with Gasteiger partial charge in [-0.05, 0) is 18.6 Å². The highest BCUT2D eigenvalue weighted by Crippen LogP contribution is 2.23. The Morgan fingerprint density at radius 3 is 2.80 bits per heavy atom. The third kappa shape index (κ3) is 2.99. The van der Waals surface area contributed by atoms with Crippen molar-refractivity contribution in [3.05, 3.63) is 40.2 Å². The predicted octanol–water partition coefficient (Wildman–Crippen LogP) is 2.30. The van der Waals surface area contributed by atoms with Crippen LogP contribution in [0.3, 0.4) is 0 Å². The number of carbonyl (C=O) groups is 1. The summed E-state index contributed by atoms with van der Waals surface area (Å²) in [5.74, 6) is 0.784. The molecule has 20 heavy (non-hydrogen) atoms. The Morgan fingerprint density at radius 1 is 1.30 bits per heavy atom. The van der Waals surface area contributed by atoms with Crippen LogP contribution in [0.1, 0.15) is 18.6 Å². The molecule has 0 saturated carbocycles. The van der Waals surface area contributed by atoms with E-state index in [0.717, 1.165) is 0 Å². The molecule has 106 valence electrons. The van der Waals surface area contributed by atoms with Crippen molar-refractivity contribution in [3.8, 4) is 5.75 Å². The Morgan fingerprint density at radius 2 is 2.10 bits per heavy atom. The van der Waals surface area contributed by atoms with E-state index >= 15 is 0 Å². The van der Waals surface area contributed by atoms with Gasteiger partial charge in [0.2, 0.25) is 0 Å². The molecule has 2 rings (SSSR count). The first-order valence-electron chi connectivity index (χ1n) is 6.32. The number of hydrogen-bond acceptors (Lipinski definition) is 5. The molecule has 2 aromatic rings. The van der Waals surface area contributed by atoms with E-state index in [2.05, 4.69) is 4.74 Å². The van der Waals surface area contributed by atoms with Crippen molar-refractivity contribution in [2.45, 2.75) is 19.3 Å². The minimum absolute atomic E-state index is 0.142. The molecule has 0 saturated heterocycles. The third-order valence-electron chi connectivity index (χ3n) is 3.02. The zero-order valence-electron chi connectivity index (χ0n) is 11.5. The fourth-order valence-corrected chi connectivity index (χ4v) is 2.03. The molecule has 5 nitrogen and oxygen atoms in total. The van der Waals surface area contributed by atoms with Crippen molar-refractivity contribution in [1.82, 2.24) is 0 Å². The normalized spacial score (nSPS) is 10.5. The summed E-state index contributed by atoms with van der Waals surface area (Å²) in [5, 5.41) is 0.437. The van der Waals surface area contributed by atoms with Gasteiger partial charge in [0.15, 0.2) is 5.43 Å². The average Bonchev–Trinajstić information content (AvgIpc) is 2.46. The maximum atomic E-state index is 12.1. The molecule has 0 radical (unpaired) electrons. The second-order valence-corrected chi connectivity index (χ2v) is 4.34. The summed E-state index contributed by atoms with van der Waals surface area (Å²) in [6.45, 7) is 0. The van der Waals surface area contributed by atoms with Crippen LogP contribution in [0.4, 0.5) is 0 Å². The molecule has 0 atom stereocenters. The van der Waals surface area contributed by atoms with Gasteiger partial charge in [-0.25, -0.2) is 0 Å². The van der Waals surface area contributed by atoms with Gasteiger partial charge < -0.3 is 13.9 Å². The molecule has 1 aromatic carbocycles. The van der Waals surface area contributed by atoms with E-state index in [0.29, 0.717) is 41.7 Å². The molecule has 0 aliphatic carbocycles. The maximum absolute atomic E-state index is 12.1. The molecule has 1 heterocycles. The maximum Gasteiger partial charge on any atom is 0.305 e. The topological polar surface area (TPSA) is 65.7 Å². The summed E-state index contributed by atoms with van der Waals surface area (Å²) in [6, 6.07) is 6.66. The molecule has 0 unspecified atom stereocenters. The zero-order chi connectivity index (χ0) is 14.5. The summed E-state index contributed by atoms with van der Waals surface area (Å²) in [5.41, 5.74) is 0.349. The number of fused-ring (bicyclic) bond motifs is 1. The van der Waals surface area contributed by atoms with E-state index in [1.165, 1.54) is 20.3 Å². The highest BCUT2D eigenvalue weighted by atomic mass is 16.5. The number of ether oxygens (including phenoxy) is 2. The van der Waals surface area contributed by atoms with Crippen LogP contribution in [0.25, 0.3) is 11.0 Å². The third-order valence-corrected chi connectivity index (χ3v) is 3.02. The minimum Gasteiger partial charge on any atom is -0.496 e. The van der Waals surface area contributed by atoms with Crippen molar-refractivity contribution in [3.63, 3.8) is 0 Å². The molecule has 5 heteroatoms. The summed E-state index contributed by atoms with van der Waals surface area (Å²) < 4.78 is 15.4. The second kappa shape index (κ2) is 6.23. The van der Waals surface area contributed by atoms with Crippen LogP contribution < -0.4 is 10.2 Å². The zero-order valence-corrected chi connectivity index (χ0v) is 11.5. The van der Waals surface area contributed by atoms with Crippen molar-refractivity contribution < 1.29 is 18.7 Å². The number of hydrogen-bond donors (Lipinski definition) is 0. The molecular formula is C15H16O5. The first-order chi connectivity index (χ1) is 9.65. The summed E-state index contributed by atoms with van der Waals surface area (Å²) in [7, 11) is 2.86. The Balaban J connectivity index is 2.25. The number of aryl methyl sites for hydroxylation is 1. The van der Waals surface area contributed by atoms with Crippen molar-refractivity contribution in [1.29, 1.82) is 0 Å². The van der Waals surface area contributed by atoms with Gasteiger partial charge in [0.1, 0.15) is 22.5 Å². The molecular weight excluding hydrogens is 260 g/mol. The standard InChI is InChI=1S/C15H16O5/c1-18-12-6-4-7-13-15(12)11(16)9-10(20-13)5-3-8-14(17)19-2/h4,6-7,9H,3,5,8H2,1-2H3. The van der Waals surface area contributed by atoms with Gasteiger partial charge in [-0.15, -0.1) is 0 Å². The molecule has 0 amide bonds. The van der Waals surface area contributed by atoms with Crippen LogP contribution in [0.2, 0.25) is 0 Å². The van der Waals surface area contributed by atoms with Crippen molar-refractivity contribution in [2.75, 3.05) is 14.2 Å². The molecule has 0 aliphatic heterocycles. The molecule has 0 fully saturated rings. The van der Waals surface area contributed by atoms with Crippen LogP contribution in [-0.4, -0.2) is 20.2 Å². The molecule has 0 spiro atoms. The highest BCUT2D eigenvalue weighted by molar-refractivity contribution is 5.83. The number of esters is 1. The van der Waals surface area contributed by atoms with E-state index in [-0.39, 0.29) is 11.4 Å². The molecule has 0 N–H and O–H groups in total. The van der Waals surface area contributed by atoms with Crippen LogP contribution in [0, 0.1) is 0 Å². The van der Waals surface area contributed by atoms with Gasteiger partial charge in [-0.1, -0.05) is 6.07 Å². The predicted molar refractivity (Wildman–Crippen MR) is 74.0 cm³/mol. The van der Waals surface area contributed by atoms with E-state index in [1.54, 1.807) is 18.2 Å². The summed E-state index contributed by atoms with van der Waals surface area (Å²) in [6.07, 6.45) is 1.39. The van der Waals surface area contributed by atoms with Gasteiger partial charge >= 0.3 is 5.97 Å². The number of methoxy groups -OCH3 is 2. The largest absolute Gasteiger partial charge is 0.496 e. The molecule has 0 aliphatic rings. The number of benzene rings is 1. The SMILES string of the molecule is COC(=O)CCCc1cc(=O)c2c(OC)cccc2o1. The smallest absolute Gasteiger partial charge is 0.305 e. The van der Waals surface area contributed by atoms with E-state index in [1.807, 2.05) is 0 Å². The highest BCUT2D eigenvalue weighted by Gasteiger charge is 2.10. The summed E-state index contributed by atoms with van der Waals surface area (Å²) in [4.78, 5) is 23.1. The van der Waals surface area contributed by atoms with Gasteiger partial charge in [0.25, 0.3) is 0 Å². The lowest BCUT2D eigenvalue weighted by atomic mass is 10.1. The fraction of sp³-hybridized carbons (Fsp3) is 0.333. The average molecular weight is 276 g/mol. The molecule has 1 aromatic heterocycles. The Bertz CT molecular complexity index is 672. The van der Waals surface area contributed by atoms with Crippen molar-refractivity contribution in [2.24, 2.45) is 0 Å². The first kappa shape index (κ1) is 14.1. The van der Waals surface area contributed by atoms with Gasteiger partial charge in [0, 0.05) is 18.9 Å². The van der Waals surface area contributed by atoms with Crippen LogP contribution in [0.15, 0.2) is 33.5 Å². The van der Waals surface area contributed by atoms with Crippen LogP contribution in [-0.2, 0) is 16.0 Å². The van der Waals surface area contributed by atoms with Crippen molar-refractivity contribution >= 4 is 16.9 Å². The van der Waals surface area contributed by atoms with Gasteiger partial charge in [0.05, 0.1) is 14.2 Å². The molecule has 0 bridgehead atoms. The van der Waals surface area contributed by atoms with E-state index < -0.39 is 0 Å². The van der Waals surface area contributed by atoms with E-state index in [4.69, 9.17) is 9.15 Å². The van der Waals surface area contributed by atoms with Gasteiger partial charge in [-0.3, -0.25) is 9.59 Å². The van der Waals surface area contributed by atoms with Crippen LogP contribution >= 0.6 is 0 Å². The lowest BCUT2D eigenvalue weighted by Crippen LogP contribution is -2.05.